The Kier molecular flexibility index (Phi) is 7.14. The number of carbonyl (C=O) groups excluding carboxylic acids is 1. The molecule has 2 aromatic heterocycles. The van der Waals surface area contributed by atoms with E-state index in [0.717, 1.165) is 61.8 Å². The number of hydrogen-bond donors (Lipinski definition) is 0. The van der Waals surface area contributed by atoms with Crippen LogP contribution in [0.1, 0.15) is 75.2 Å². The number of thiophene rings is 1. The van der Waals surface area contributed by atoms with E-state index in [1.165, 1.54) is 47.9 Å². The molecule has 6 nitrogen and oxygen atoms in total. The average molecular weight is 490 g/mol. The largest absolute Gasteiger partial charge is 0.376 e. The van der Waals surface area contributed by atoms with Gasteiger partial charge in [0, 0.05) is 24.6 Å². The van der Waals surface area contributed by atoms with Gasteiger partial charge in [-0.25, -0.2) is 4.98 Å². The van der Waals surface area contributed by atoms with E-state index in [9.17, 15) is 9.59 Å². The van der Waals surface area contributed by atoms with Crippen molar-refractivity contribution >= 4 is 39.2 Å². The summed E-state index contributed by atoms with van der Waals surface area (Å²) in [5.41, 5.74) is 1.27. The SMILES string of the molecule is CC(Sc1nc2sc3c(c2c(=O)n1CC1CCCO1)CCCC3)C(=O)N(C)C1CCCCC1. The minimum atomic E-state index is -0.286. The summed E-state index contributed by atoms with van der Waals surface area (Å²) >= 11 is 3.12. The highest BCUT2D eigenvalue weighted by Crippen LogP contribution is 2.36. The minimum absolute atomic E-state index is 0.0479. The molecular weight excluding hydrogens is 454 g/mol. The third kappa shape index (κ3) is 4.76. The number of amides is 1. The van der Waals surface area contributed by atoms with Crippen molar-refractivity contribution in [3.05, 3.63) is 20.8 Å². The zero-order valence-electron chi connectivity index (χ0n) is 19.8. The number of thioether (sulfide) groups is 1. The molecular formula is C25H35N3O3S2. The van der Waals surface area contributed by atoms with Crippen LogP contribution >= 0.6 is 23.1 Å². The van der Waals surface area contributed by atoms with Gasteiger partial charge in [0.25, 0.3) is 5.56 Å². The summed E-state index contributed by atoms with van der Waals surface area (Å²) < 4.78 is 7.69. The zero-order chi connectivity index (χ0) is 22.9. The molecule has 3 aliphatic rings. The predicted octanol–water partition coefficient (Wildman–Crippen LogP) is 4.79. The third-order valence-electron chi connectivity index (χ3n) is 7.55. The fraction of sp³-hybridized carbons (Fsp3) is 0.720. The van der Waals surface area contributed by atoms with E-state index >= 15 is 0 Å². The summed E-state index contributed by atoms with van der Waals surface area (Å²) in [6, 6.07) is 0.336. The lowest BCUT2D eigenvalue weighted by Gasteiger charge is -2.32. The third-order valence-corrected chi connectivity index (χ3v) is 9.81. The van der Waals surface area contributed by atoms with Crippen LogP contribution in [0.15, 0.2) is 9.95 Å². The monoisotopic (exact) mass is 489 g/mol. The molecule has 0 bridgehead atoms. The van der Waals surface area contributed by atoms with Crippen LogP contribution in [0.5, 0.6) is 0 Å². The number of rotatable bonds is 6. The fourth-order valence-corrected chi connectivity index (χ4v) is 7.93. The van der Waals surface area contributed by atoms with Crippen molar-refractivity contribution in [3.63, 3.8) is 0 Å². The van der Waals surface area contributed by atoms with Gasteiger partial charge in [-0.05, 0) is 63.9 Å². The van der Waals surface area contributed by atoms with E-state index in [-0.39, 0.29) is 22.8 Å². The molecule has 180 valence electrons. The Morgan fingerprint density at radius 3 is 2.73 bits per heavy atom. The van der Waals surface area contributed by atoms with E-state index in [1.807, 2.05) is 23.4 Å². The molecule has 5 rings (SSSR count). The van der Waals surface area contributed by atoms with Gasteiger partial charge >= 0.3 is 0 Å². The van der Waals surface area contributed by atoms with Crippen LogP contribution in [0.4, 0.5) is 0 Å². The van der Waals surface area contributed by atoms with Crippen molar-refractivity contribution in [2.24, 2.45) is 0 Å². The molecule has 2 fully saturated rings. The van der Waals surface area contributed by atoms with Gasteiger partial charge in [0.1, 0.15) is 4.83 Å². The summed E-state index contributed by atoms with van der Waals surface area (Å²) in [6.07, 6.45) is 12.2. The lowest BCUT2D eigenvalue weighted by atomic mass is 9.94. The van der Waals surface area contributed by atoms with Crippen molar-refractivity contribution in [1.29, 1.82) is 0 Å². The molecule has 0 N–H and O–H groups in total. The number of hydrogen-bond acceptors (Lipinski definition) is 6. The number of ether oxygens (including phenoxy) is 1. The second-order valence-electron chi connectivity index (χ2n) is 9.84. The van der Waals surface area contributed by atoms with Crippen molar-refractivity contribution in [3.8, 4) is 0 Å². The molecule has 2 unspecified atom stereocenters. The Morgan fingerprint density at radius 2 is 1.97 bits per heavy atom. The standard InChI is InChI=1S/C25H35N3O3S2/c1-16(23(29)27(2)17-9-4-3-5-10-17)32-25-26-22-21(19-12-6-7-13-20(19)33-22)24(30)28(25)15-18-11-8-14-31-18/h16-18H,3-15H2,1-2H3. The molecule has 33 heavy (non-hydrogen) atoms. The second kappa shape index (κ2) is 10.1. The lowest BCUT2D eigenvalue weighted by Crippen LogP contribution is -2.42. The second-order valence-corrected chi connectivity index (χ2v) is 12.2. The summed E-state index contributed by atoms with van der Waals surface area (Å²) in [4.78, 5) is 36.2. The summed E-state index contributed by atoms with van der Waals surface area (Å²) in [5, 5.41) is 1.20. The highest BCUT2D eigenvalue weighted by atomic mass is 32.2. The molecule has 0 radical (unpaired) electrons. The molecule has 3 heterocycles. The molecule has 8 heteroatoms. The summed E-state index contributed by atoms with van der Waals surface area (Å²) in [6.45, 7) is 3.24. The van der Waals surface area contributed by atoms with Gasteiger partial charge in [0.15, 0.2) is 5.16 Å². The summed E-state index contributed by atoms with van der Waals surface area (Å²) in [7, 11) is 1.94. The molecule has 1 saturated heterocycles. The molecule has 1 saturated carbocycles. The Labute approximate surface area is 204 Å². The van der Waals surface area contributed by atoms with Gasteiger partial charge in [-0.3, -0.25) is 14.2 Å². The predicted molar refractivity (Wildman–Crippen MR) is 134 cm³/mol. The Bertz CT molecular complexity index is 1070. The zero-order valence-corrected chi connectivity index (χ0v) is 21.4. The van der Waals surface area contributed by atoms with Crippen LogP contribution in [-0.2, 0) is 28.9 Å². The highest BCUT2D eigenvalue weighted by molar-refractivity contribution is 8.00. The van der Waals surface area contributed by atoms with Gasteiger partial charge in [0.05, 0.1) is 23.3 Å². The first-order valence-corrected chi connectivity index (χ1v) is 14.3. The molecule has 0 aromatic carbocycles. The van der Waals surface area contributed by atoms with E-state index in [1.54, 1.807) is 11.3 Å². The maximum Gasteiger partial charge on any atom is 0.263 e. The quantitative estimate of drug-likeness (QED) is 0.431. The van der Waals surface area contributed by atoms with Crippen molar-refractivity contribution in [1.82, 2.24) is 14.5 Å². The maximum atomic E-state index is 13.8. The van der Waals surface area contributed by atoms with Crippen LogP contribution in [0, 0.1) is 0 Å². The molecule has 2 aromatic rings. The van der Waals surface area contributed by atoms with E-state index < -0.39 is 0 Å². The molecule has 2 atom stereocenters. The van der Waals surface area contributed by atoms with Crippen LogP contribution in [0.2, 0.25) is 0 Å². The number of carbonyl (C=O) groups is 1. The van der Waals surface area contributed by atoms with Gasteiger partial charge in [-0.15, -0.1) is 11.3 Å². The molecule has 0 spiro atoms. The number of fused-ring (bicyclic) bond motifs is 3. The van der Waals surface area contributed by atoms with Crippen LogP contribution < -0.4 is 5.56 Å². The van der Waals surface area contributed by atoms with E-state index in [0.29, 0.717) is 17.7 Å². The summed E-state index contributed by atoms with van der Waals surface area (Å²) in [5.74, 6) is 0.135. The Morgan fingerprint density at radius 1 is 1.18 bits per heavy atom. The first-order valence-electron chi connectivity index (χ1n) is 12.6. The molecule has 1 amide bonds. The smallest absolute Gasteiger partial charge is 0.263 e. The van der Waals surface area contributed by atoms with E-state index in [2.05, 4.69) is 0 Å². The fourth-order valence-electron chi connectivity index (χ4n) is 5.61. The van der Waals surface area contributed by atoms with Crippen molar-refractivity contribution in [2.45, 2.75) is 107 Å². The van der Waals surface area contributed by atoms with Crippen molar-refractivity contribution in [2.75, 3.05) is 13.7 Å². The first kappa shape index (κ1) is 23.4. The molecule has 1 aliphatic heterocycles. The van der Waals surface area contributed by atoms with E-state index in [4.69, 9.17) is 9.72 Å². The normalized spacial score (nSPS) is 22.4. The minimum Gasteiger partial charge on any atom is -0.376 e. The van der Waals surface area contributed by atoms with Crippen LogP contribution in [-0.4, -0.2) is 51.4 Å². The average Bonchev–Trinajstić information content (AvgIpc) is 3.48. The number of nitrogens with zero attached hydrogens (tertiary/aromatic N) is 3. The number of aromatic nitrogens is 2. The van der Waals surface area contributed by atoms with Gasteiger partial charge < -0.3 is 9.64 Å². The van der Waals surface area contributed by atoms with Crippen molar-refractivity contribution < 1.29 is 9.53 Å². The lowest BCUT2D eigenvalue weighted by molar-refractivity contribution is -0.131. The number of aryl methyl sites for hydroxylation is 2. The van der Waals surface area contributed by atoms with Gasteiger partial charge in [-0.2, -0.15) is 0 Å². The van der Waals surface area contributed by atoms with Gasteiger partial charge in [0.2, 0.25) is 5.91 Å². The molecule has 2 aliphatic carbocycles. The Balaban J connectivity index is 1.46. The van der Waals surface area contributed by atoms with Crippen LogP contribution in [0.25, 0.3) is 10.2 Å². The topological polar surface area (TPSA) is 64.4 Å². The van der Waals surface area contributed by atoms with Gasteiger partial charge in [-0.1, -0.05) is 31.0 Å². The Hall–Kier alpha value is -1.38. The van der Waals surface area contributed by atoms with Crippen LogP contribution in [0.3, 0.4) is 0 Å². The first-order chi connectivity index (χ1) is 16.0. The maximum absolute atomic E-state index is 13.8. The highest BCUT2D eigenvalue weighted by Gasteiger charge is 2.29.